The highest BCUT2D eigenvalue weighted by Crippen LogP contribution is 2.15. The molecule has 0 radical (unpaired) electrons. The van der Waals surface area contributed by atoms with Gasteiger partial charge in [0.25, 0.3) is 5.91 Å². The number of carbonyl (C=O) groups is 1. The average molecular weight is 368 g/mol. The molecule has 0 unspecified atom stereocenters. The van der Waals surface area contributed by atoms with E-state index >= 15 is 0 Å². The first-order chi connectivity index (χ1) is 12.8. The third-order valence-corrected chi connectivity index (χ3v) is 5.32. The van der Waals surface area contributed by atoms with E-state index < -0.39 is 0 Å². The van der Waals surface area contributed by atoms with E-state index in [1.54, 1.807) is 0 Å². The molecule has 1 aromatic carbocycles. The Bertz CT molecular complexity index is 840. The zero-order chi connectivity index (χ0) is 17.8. The Balaban J connectivity index is 1.29. The van der Waals surface area contributed by atoms with E-state index in [4.69, 9.17) is 4.52 Å². The fourth-order valence-corrected chi connectivity index (χ4v) is 3.75. The molecule has 0 spiro atoms. The third-order valence-electron chi connectivity index (χ3n) is 4.47. The van der Waals surface area contributed by atoms with Crippen LogP contribution in [0.5, 0.6) is 0 Å². The highest BCUT2D eigenvalue weighted by molar-refractivity contribution is 7.12. The number of aromatic nitrogens is 2. The summed E-state index contributed by atoms with van der Waals surface area (Å²) >= 11 is 1.49. The van der Waals surface area contributed by atoms with Crippen molar-refractivity contribution in [3.05, 3.63) is 70.0 Å². The smallest absolute Gasteiger partial charge is 0.264 e. The van der Waals surface area contributed by atoms with Gasteiger partial charge in [-0.2, -0.15) is 4.98 Å². The molecule has 7 heteroatoms. The van der Waals surface area contributed by atoms with Crippen molar-refractivity contribution in [2.45, 2.75) is 13.0 Å². The maximum Gasteiger partial charge on any atom is 0.264 e. The van der Waals surface area contributed by atoms with Crippen LogP contribution in [0.1, 0.15) is 27.0 Å². The van der Waals surface area contributed by atoms with E-state index in [1.165, 1.54) is 16.9 Å². The number of benzene rings is 1. The van der Waals surface area contributed by atoms with Crippen LogP contribution in [0.15, 0.2) is 52.4 Å². The van der Waals surface area contributed by atoms with Crippen molar-refractivity contribution in [2.24, 2.45) is 0 Å². The van der Waals surface area contributed by atoms with Gasteiger partial charge in [0.2, 0.25) is 5.89 Å². The van der Waals surface area contributed by atoms with Crippen LogP contribution < -0.4 is 0 Å². The number of thiophene rings is 1. The van der Waals surface area contributed by atoms with Crippen LogP contribution in [-0.2, 0) is 13.0 Å². The summed E-state index contributed by atoms with van der Waals surface area (Å²) in [5.41, 5.74) is 1.17. The molecule has 26 heavy (non-hydrogen) atoms. The average Bonchev–Trinajstić information content (AvgIpc) is 3.35. The van der Waals surface area contributed by atoms with Crippen molar-refractivity contribution in [1.29, 1.82) is 0 Å². The molecule has 1 saturated heterocycles. The molecule has 1 aliphatic rings. The second kappa shape index (κ2) is 7.80. The summed E-state index contributed by atoms with van der Waals surface area (Å²) in [4.78, 5) is 21.8. The monoisotopic (exact) mass is 368 g/mol. The quantitative estimate of drug-likeness (QED) is 0.693. The van der Waals surface area contributed by atoms with Gasteiger partial charge in [0.05, 0.1) is 11.4 Å². The maximum atomic E-state index is 12.4. The van der Waals surface area contributed by atoms with Crippen LogP contribution in [0.4, 0.5) is 0 Å². The molecule has 1 fully saturated rings. The summed E-state index contributed by atoms with van der Waals surface area (Å²) in [5, 5.41) is 6.01. The normalized spacial score (nSPS) is 15.3. The molecule has 0 aliphatic carbocycles. The summed E-state index contributed by atoms with van der Waals surface area (Å²) in [6, 6.07) is 13.9. The highest BCUT2D eigenvalue weighted by Gasteiger charge is 2.23. The summed E-state index contributed by atoms with van der Waals surface area (Å²) in [6.45, 7) is 3.70. The Morgan fingerprint density at radius 3 is 2.62 bits per heavy atom. The Kier molecular flexibility index (Phi) is 5.08. The van der Waals surface area contributed by atoms with Gasteiger partial charge >= 0.3 is 0 Å². The van der Waals surface area contributed by atoms with Crippen LogP contribution in [0.25, 0.3) is 0 Å². The first kappa shape index (κ1) is 16.9. The first-order valence-corrected chi connectivity index (χ1v) is 9.56. The largest absolute Gasteiger partial charge is 0.338 e. The molecule has 6 nitrogen and oxygen atoms in total. The van der Waals surface area contributed by atoms with E-state index in [0.29, 0.717) is 24.7 Å². The molecule has 0 atom stereocenters. The topological polar surface area (TPSA) is 62.5 Å². The lowest BCUT2D eigenvalue weighted by molar-refractivity contribution is 0.0620. The summed E-state index contributed by atoms with van der Waals surface area (Å²) in [7, 11) is 0. The van der Waals surface area contributed by atoms with Crippen molar-refractivity contribution in [2.75, 3.05) is 26.2 Å². The van der Waals surface area contributed by atoms with Gasteiger partial charge in [0, 0.05) is 32.6 Å². The molecule has 1 amide bonds. The number of carbonyl (C=O) groups excluding carboxylic acids is 1. The zero-order valence-electron chi connectivity index (χ0n) is 14.4. The fourth-order valence-electron chi connectivity index (χ4n) is 3.06. The van der Waals surface area contributed by atoms with Gasteiger partial charge in [-0.15, -0.1) is 11.3 Å². The lowest BCUT2D eigenvalue weighted by Gasteiger charge is -2.33. The summed E-state index contributed by atoms with van der Waals surface area (Å²) < 4.78 is 5.39. The maximum absolute atomic E-state index is 12.4. The molecule has 3 heterocycles. The van der Waals surface area contributed by atoms with Crippen LogP contribution in [0, 0.1) is 0 Å². The second-order valence-corrected chi connectivity index (χ2v) is 7.26. The van der Waals surface area contributed by atoms with E-state index in [0.717, 1.165) is 31.1 Å². The van der Waals surface area contributed by atoms with Gasteiger partial charge in [-0.05, 0) is 17.0 Å². The van der Waals surface area contributed by atoms with Crippen molar-refractivity contribution in [3.8, 4) is 0 Å². The fraction of sp³-hybridized carbons (Fsp3) is 0.316. The van der Waals surface area contributed by atoms with Crippen molar-refractivity contribution < 1.29 is 9.32 Å². The van der Waals surface area contributed by atoms with Gasteiger partial charge in [-0.1, -0.05) is 41.6 Å². The van der Waals surface area contributed by atoms with Gasteiger partial charge in [0.15, 0.2) is 5.82 Å². The van der Waals surface area contributed by atoms with E-state index in [-0.39, 0.29) is 5.91 Å². The van der Waals surface area contributed by atoms with Crippen LogP contribution >= 0.6 is 11.3 Å². The number of hydrogen-bond acceptors (Lipinski definition) is 6. The lowest BCUT2D eigenvalue weighted by Crippen LogP contribution is -2.48. The molecular weight excluding hydrogens is 348 g/mol. The predicted octanol–water partition coefficient (Wildman–Crippen LogP) is 2.68. The molecular formula is C19H20N4O2S. The van der Waals surface area contributed by atoms with Gasteiger partial charge in [0.1, 0.15) is 0 Å². The second-order valence-electron chi connectivity index (χ2n) is 6.31. The van der Waals surface area contributed by atoms with E-state index in [1.807, 2.05) is 40.6 Å². The number of amides is 1. The summed E-state index contributed by atoms with van der Waals surface area (Å²) in [5.74, 6) is 1.47. The Morgan fingerprint density at radius 2 is 1.88 bits per heavy atom. The standard InChI is InChI=1S/C19H20N4O2S/c24-19(16-7-4-12-26-16)23-10-8-22(9-11-23)14-18-20-17(21-25-18)13-15-5-2-1-3-6-15/h1-7,12H,8-11,13-14H2. The van der Waals surface area contributed by atoms with Crippen molar-refractivity contribution in [1.82, 2.24) is 19.9 Å². The minimum atomic E-state index is 0.127. The molecule has 1 aliphatic heterocycles. The van der Waals surface area contributed by atoms with Crippen molar-refractivity contribution in [3.63, 3.8) is 0 Å². The Morgan fingerprint density at radius 1 is 1.08 bits per heavy atom. The first-order valence-electron chi connectivity index (χ1n) is 8.68. The number of rotatable bonds is 5. The SMILES string of the molecule is O=C(c1cccs1)N1CCN(Cc2nc(Cc3ccccc3)no2)CC1. The molecule has 0 saturated carbocycles. The molecule has 0 N–H and O–H groups in total. The van der Waals surface area contributed by atoms with Crippen LogP contribution in [0.2, 0.25) is 0 Å². The predicted molar refractivity (Wildman–Crippen MR) is 99.0 cm³/mol. The molecule has 0 bridgehead atoms. The van der Waals surface area contributed by atoms with E-state index in [9.17, 15) is 4.79 Å². The molecule has 4 rings (SSSR count). The summed E-state index contributed by atoms with van der Waals surface area (Å²) in [6.07, 6.45) is 0.674. The minimum Gasteiger partial charge on any atom is -0.338 e. The van der Waals surface area contributed by atoms with Gasteiger partial charge in [-0.3, -0.25) is 9.69 Å². The Labute approximate surface area is 156 Å². The van der Waals surface area contributed by atoms with Crippen LogP contribution in [-0.4, -0.2) is 52.0 Å². The highest BCUT2D eigenvalue weighted by atomic mass is 32.1. The lowest BCUT2D eigenvalue weighted by atomic mass is 10.1. The molecule has 2 aromatic heterocycles. The minimum absolute atomic E-state index is 0.127. The van der Waals surface area contributed by atoms with Crippen LogP contribution in [0.3, 0.4) is 0 Å². The number of nitrogens with zero attached hydrogens (tertiary/aromatic N) is 4. The molecule has 134 valence electrons. The third kappa shape index (κ3) is 4.00. The van der Waals surface area contributed by atoms with E-state index in [2.05, 4.69) is 27.2 Å². The van der Waals surface area contributed by atoms with Gasteiger partial charge < -0.3 is 9.42 Å². The number of piperazine rings is 1. The zero-order valence-corrected chi connectivity index (χ0v) is 15.2. The van der Waals surface area contributed by atoms with Gasteiger partial charge in [-0.25, -0.2) is 0 Å². The Hall–Kier alpha value is -2.51. The number of hydrogen-bond donors (Lipinski definition) is 0. The molecule has 3 aromatic rings. The van der Waals surface area contributed by atoms with Crippen molar-refractivity contribution >= 4 is 17.2 Å².